The summed E-state index contributed by atoms with van der Waals surface area (Å²) in [5.41, 5.74) is 2.11. The molecule has 2 aromatic carbocycles. The number of hydrogen-bond acceptors (Lipinski definition) is 4. The number of nitrogens with zero attached hydrogens (tertiary/aromatic N) is 2. The Morgan fingerprint density at radius 3 is 2.80 bits per heavy atom. The molecule has 3 rings (SSSR count). The van der Waals surface area contributed by atoms with E-state index >= 15 is 0 Å². The second-order valence-electron chi connectivity index (χ2n) is 5.39. The number of benzene rings is 2. The predicted molar refractivity (Wildman–Crippen MR) is 94.8 cm³/mol. The second kappa shape index (κ2) is 7.65. The zero-order chi connectivity index (χ0) is 17.8. The van der Waals surface area contributed by atoms with Crippen LogP contribution >= 0.6 is 11.8 Å². The fraction of sp³-hybridized carbons (Fsp3) is 0.222. The van der Waals surface area contributed by atoms with Crippen LogP contribution in [0.15, 0.2) is 53.5 Å². The molecule has 0 unspecified atom stereocenters. The van der Waals surface area contributed by atoms with Crippen LogP contribution in [0.1, 0.15) is 15.9 Å². The summed E-state index contributed by atoms with van der Waals surface area (Å²) in [7, 11) is 0. The number of aliphatic imine (C=N–C) groups is 1. The fourth-order valence-electron chi connectivity index (χ4n) is 2.44. The van der Waals surface area contributed by atoms with Crippen LogP contribution in [-0.4, -0.2) is 34.9 Å². The van der Waals surface area contributed by atoms with Crippen LogP contribution in [0, 0.1) is 6.92 Å². The van der Waals surface area contributed by atoms with Crippen LogP contribution < -0.4 is 4.74 Å². The lowest BCUT2D eigenvalue weighted by Crippen LogP contribution is -2.31. The van der Waals surface area contributed by atoms with Crippen molar-refractivity contribution < 1.29 is 18.3 Å². The second-order valence-corrected chi connectivity index (χ2v) is 6.45. The van der Waals surface area contributed by atoms with E-state index in [1.54, 1.807) is 11.0 Å². The van der Waals surface area contributed by atoms with Gasteiger partial charge < -0.3 is 4.74 Å². The first-order chi connectivity index (χ1) is 12.0. The number of thioether (sulfide) groups is 1. The Bertz CT molecular complexity index is 811. The minimum absolute atomic E-state index is 0.0370. The van der Waals surface area contributed by atoms with E-state index in [-0.39, 0.29) is 17.2 Å². The SMILES string of the molecule is Cc1ccccc1N=C1SCCN1C(=O)c1cccc(OC(F)F)c1. The number of ether oxygens (including phenoxy) is 1. The van der Waals surface area contributed by atoms with Crippen LogP contribution in [-0.2, 0) is 0 Å². The van der Waals surface area contributed by atoms with Crippen molar-refractivity contribution in [1.29, 1.82) is 0 Å². The minimum Gasteiger partial charge on any atom is -0.435 e. The number of rotatable bonds is 4. The highest BCUT2D eigenvalue weighted by Crippen LogP contribution is 2.27. The molecule has 25 heavy (non-hydrogen) atoms. The number of amidine groups is 1. The molecule has 0 radical (unpaired) electrons. The van der Waals surface area contributed by atoms with Crippen molar-refractivity contribution in [2.45, 2.75) is 13.5 Å². The Morgan fingerprint density at radius 1 is 1.24 bits per heavy atom. The summed E-state index contributed by atoms with van der Waals surface area (Å²) in [4.78, 5) is 18.9. The van der Waals surface area contributed by atoms with Crippen molar-refractivity contribution in [3.05, 3.63) is 59.7 Å². The highest BCUT2D eigenvalue weighted by atomic mass is 32.2. The number of halogens is 2. The zero-order valence-corrected chi connectivity index (χ0v) is 14.3. The van der Waals surface area contributed by atoms with Crippen molar-refractivity contribution in [2.24, 2.45) is 4.99 Å². The zero-order valence-electron chi connectivity index (χ0n) is 13.5. The van der Waals surface area contributed by atoms with Gasteiger partial charge >= 0.3 is 6.61 Å². The molecule has 1 fully saturated rings. The lowest BCUT2D eigenvalue weighted by Gasteiger charge is -2.16. The van der Waals surface area contributed by atoms with Gasteiger partial charge in [0.15, 0.2) is 5.17 Å². The fourth-order valence-corrected chi connectivity index (χ4v) is 3.39. The molecule has 0 aliphatic carbocycles. The Balaban J connectivity index is 1.85. The van der Waals surface area contributed by atoms with Gasteiger partial charge in [0.2, 0.25) is 0 Å². The Morgan fingerprint density at radius 2 is 2.04 bits per heavy atom. The van der Waals surface area contributed by atoms with Crippen LogP contribution in [0.5, 0.6) is 5.75 Å². The van der Waals surface area contributed by atoms with E-state index in [4.69, 9.17) is 0 Å². The van der Waals surface area contributed by atoms with Crippen LogP contribution in [0.25, 0.3) is 0 Å². The molecule has 1 aliphatic heterocycles. The first-order valence-electron chi connectivity index (χ1n) is 7.68. The largest absolute Gasteiger partial charge is 0.435 e. The molecule has 0 atom stereocenters. The molecule has 0 spiro atoms. The summed E-state index contributed by atoms with van der Waals surface area (Å²) in [6.45, 7) is -0.448. The molecule has 1 heterocycles. The van der Waals surface area contributed by atoms with Gasteiger partial charge in [0.25, 0.3) is 5.91 Å². The van der Waals surface area contributed by atoms with Gasteiger partial charge in [0, 0.05) is 17.9 Å². The smallest absolute Gasteiger partial charge is 0.387 e. The summed E-state index contributed by atoms with van der Waals surface area (Å²) in [5.74, 6) is 0.422. The molecule has 4 nitrogen and oxygen atoms in total. The molecular formula is C18H16F2N2O2S. The average Bonchev–Trinajstić information content (AvgIpc) is 3.04. The normalized spacial score (nSPS) is 15.8. The quantitative estimate of drug-likeness (QED) is 0.806. The monoisotopic (exact) mass is 362 g/mol. The lowest BCUT2D eigenvalue weighted by molar-refractivity contribution is -0.0498. The van der Waals surface area contributed by atoms with Gasteiger partial charge in [0.1, 0.15) is 5.75 Å². The minimum atomic E-state index is -2.93. The molecule has 0 saturated carbocycles. The summed E-state index contributed by atoms with van der Waals surface area (Å²) in [6, 6.07) is 13.5. The van der Waals surface area contributed by atoms with Crippen LogP contribution in [0.2, 0.25) is 0 Å². The topological polar surface area (TPSA) is 41.9 Å². The van der Waals surface area contributed by atoms with Gasteiger partial charge in [-0.1, -0.05) is 36.0 Å². The summed E-state index contributed by atoms with van der Waals surface area (Å²) in [6.07, 6.45) is 0. The van der Waals surface area contributed by atoms with Crippen molar-refractivity contribution in [3.63, 3.8) is 0 Å². The third-order valence-electron chi connectivity index (χ3n) is 3.66. The number of carbonyl (C=O) groups excluding carboxylic acids is 1. The lowest BCUT2D eigenvalue weighted by atomic mass is 10.2. The Kier molecular flexibility index (Phi) is 5.33. The van der Waals surface area contributed by atoms with Gasteiger partial charge in [-0.2, -0.15) is 8.78 Å². The maximum absolute atomic E-state index is 12.8. The van der Waals surface area contributed by atoms with Gasteiger partial charge in [-0.25, -0.2) is 4.99 Å². The molecule has 0 bridgehead atoms. The number of aryl methyl sites for hydroxylation is 1. The molecule has 7 heteroatoms. The standard InChI is InChI=1S/C18H16F2N2O2S/c1-12-5-2-3-8-15(12)21-18-22(9-10-25-18)16(23)13-6-4-7-14(11-13)24-17(19)20/h2-8,11,17H,9-10H2,1H3. The first-order valence-corrected chi connectivity index (χ1v) is 8.67. The van der Waals surface area contributed by atoms with E-state index in [9.17, 15) is 13.6 Å². The Labute approximate surface area is 148 Å². The van der Waals surface area contributed by atoms with Gasteiger partial charge in [-0.3, -0.25) is 9.69 Å². The third kappa shape index (κ3) is 4.17. The van der Waals surface area contributed by atoms with E-state index < -0.39 is 6.61 Å². The third-order valence-corrected chi connectivity index (χ3v) is 4.62. The van der Waals surface area contributed by atoms with Crippen molar-refractivity contribution in [3.8, 4) is 5.75 Å². The maximum Gasteiger partial charge on any atom is 0.387 e. The molecule has 1 amide bonds. The predicted octanol–water partition coefficient (Wildman–Crippen LogP) is 4.47. The van der Waals surface area contributed by atoms with Crippen molar-refractivity contribution in [2.75, 3.05) is 12.3 Å². The van der Waals surface area contributed by atoms with E-state index in [2.05, 4.69) is 9.73 Å². The van der Waals surface area contributed by atoms with Crippen molar-refractivity contribution in [1.82, 2.24) is 4.90 Å². The van der Waals surface area contributed by atoms with Crippen LogP contribution in [0.3, 0.4) is 0 Å². The molecule has 0 aromatic heterocycles. The molecule has 2 aromatic rings. The van der Waals surface area contributed by atoms with Gasteiger partial charge in [-0.15, -0.1) is 0 Å². The van der Waals surface area contributed by atoms with Crippen molar-refractivity contribution >= 4 is 28.5 Å². The Hall–Kier alpha value is -2.41. The summed E-state index contributed by atoms with van der Waals surface area (Å²) in [5, 5.41) is 0.611. The molecule has 1 aliphatic rings. The molecule has 130 valence electrons. The number of carbonyl (C=O) groups is 1. The van der Waals surface area contributed by atoms with E-state index in [1.807, 2.05) is 31.2 Å². The van der Waals surface area contributed by atoms with Gasteiger partial charge in [-0.05, 0) is 36.8 Å². The molecule has 0 N–H and O–H groups in total. The maximum atomic E-state index is 12.8. The van der Waals surface area contributed by atoms with E-state index in [0.717, 1.165) is 17.0 Å². The number of hydrogen-bond donors (Lipinski definition) is 0. The number of para-hydroxylation sites is 1. The average molecular weight is 362 g/mol. The summed E-state index contributed by atoms with van der Waals surface area (Å²) >= 11 is 1.50. The van der Waals surface area contributed by atoms with E-state index in [1.165, 1.54) is 30.0 Å². The highest BCUT2D eigenvalue weighted by molar-refractivity contribution is 8.14. The van der Waals surface area contributed by atoms with Gasteiger partial charge in [0.05, 0.1) is 5.69 Å². The van der Waals surface area contributed by atoms with E-state index in [0.29, 0.717) is 11.7 Å². The summed E-state index contributed by atoms with van der Waals surface area (Å²) < 4.78 is 29.1. The number of alkyl halides is 2. The molecule has 1 saturated heterocycles. The highest BCUT2D eigenvalue weighted by Gasteiger charge is 2.27. The molecular weight excluding hydrogens is 346 g/mol. The first kappa shape index (κ1) is 17.4. The number of amides is 1. The van der Waals surface area contributed by atoms with Crippen LogP contribution in [0.4, 0.5) is 14.5 Å².